The molecule has 1 aromatic heterocycles. The van der Waals surface area contributed by atoms with Gasteiger partial charge in [-0.2, -0.15) is 0 Å². The maximum Gasteiger partial charge on any atom is 0.256 e. The summed E-state index contributed by atoms with van der Waals surface area (Å²) in [7, 11) is 0. The highest BCUT2D eigenvalue weighted by Crippen LogP contribution is 2.18. The minimum absolute atomic E-state index is 0.232. The Balaban J connectivity index is 2.25. The lowest BCUT2D eigenvalue weighted by molar-refractivity contribution is 0.102. The number of aryl methyl sites for hydroxylation is 1. The van der Waals surface area contributed by atoms with Gasteiger partial charge in [0, 0.05) is 16.2 Å². The van der Waals surface area contributed by atoms with Crippen molar-refractivity contribution in [1.29, 1.82) is 0 Å². The molecular formula is C13H12BrN3O. The number of amides is 1. The molecule has 92 valence electrons. The van der Waals surface area contributed by atoms with Gasteiger partial charge in [0.2, 0.25) is 0 Å². The third-order valence-electron chi connectivity index (χ3n) is 2.38. The average Bonchev–Trinajstić information content (AvgIpc) is 2.31. The molecule has 1 aromatic carbocycles. The molecule has 0 saturated carbocycles. The van der Waals surface area contributed by atoms with E-state index in [4.69, 9.17) is 5.73 Å². The summed E-state index contributed by atoms with van der Waals surface area (Å²) >= 11 is 3.36. The van der Waals surface area contributed by atoms with Gasteiger partial charge in [-0.3, -0.25) is 4.79 Å². The quantitative estimate of drug-likeness (QED) is 0.896. The predicted octanol–water partition coefficient (Wildman–Crippen LogP) is 2.99. The molecule has 0 aliphatic heterocycles. The number of carbonyl (C=O) groups excluding carboxylic acids is 1. The van der Waals surface area contributed by atoms with Crippen LogP contribution in [0.5, 0.6) is 0 Å². The Bertz CT molecular complexity index is 578. The molecule has 0 saturated heterocycles. The van der Waals surface area contributed by atoms with Crippen LogP contribution in [0, 0.1) is 6.92 Å². The summed E-state index contributed by atoms with van der Waals surface area (Å²) in [6, 6.07) is 8.90. The fourth-order valence-corrected chi connectivity index (χ4v) is 2.18. The number of carbonyl (C=O) groups is 1. The highest BCUT2D eigenvalue weighted by Gasteiger charge is 2.09. The van der Waals surface area contributed by atoms with Gasteiger partial charge < -0.3 is 11.1 Å². The Kier molecular flexibility index (Phi) is 3.62. The molecule has 18 heavy (non-hydrogen) atoms. The van der Waals surface area contributed by atoms with E-state index < -0.39 is 0 Å². The Morgan fingerprint density at radius 1 is 1.39 bits per heavy atom. The minimum atomic E-state index is -0.232. The van der Waals surface area contributed by atoms with Crippen molar-refractivity contribution >= 4 is 33.3 Å². The average molecular weight is 306 g/mol. The largest absolute Gasteiger partial charge is 0.396 e. The molecule has 0 radical (unpaired) electrons. The minimum Gasteiger partial charge on any atom is -0.396 e. The second-order valence-corrected chi connectivity index (χ2v) is 4.83. The van der Waals surface area contributed by atoms with Gasteiger partial charge in [0.15, 0.2) is 5.82 Å². The molecule has 0 aliphatic rings. The summed E-state index contributed by atoms with van der Waals surface area (Å²) < 4.78 is 0.863. The van der Waals surface area contributed by atoms with Gasteiger partial charge in [0.25, 0.3) is 5.91 Å². The first-order chi connectivity index (χ1) is 8.56. The summed E-state index contributed by atoms with van der Waals surface area (Å²) in [4.78, 5) is 16.1. The molecule has 0 unspecified atom stereocenters. The summed E-state index contributed by atoms with van der Waals surface area (Å²) in [6.45, 7) is 1.93. The molecule has 0 atom stereocenters. The lowest BCUT2D eigenvalue weighted by Gasteiger charge is -2.07. The lowest BCUT2D eigenvalue weighted by Crippen LogP contribution is -2.14. The van der Waals surface area contributed by atoms with Crippen LogP contribution in [-0.4, -0.2) is 10.9 Å². The number of aromatic nitrogens is 1. The number of nitrogens with zero attached hydrogens (tertiary/aromatic N) is 1. The summed E-state index contributed by atoms with van der Waals surface area (Å²) in [5, 5.41) is 2.69. The van der Waals surface area contributed by atoms with Crippen molar-refractivity contribution in [1.82, 2.24) is 4.98 Å². The zero-order valence-corrected chi connectivity index (χ0v) is 11.4. The molecule has 1 amide bonds. The van der Waals surface area contributed by atoms with Crippen LogP contribution in [-0.2, 0) is 0 Å². The number of anilines is 2. The normalized spacial score (nSPS) is 10.1. The molecule has 4 nitrogen and oxygen atoms in total. The maximum atomic E-state index is 12.0. The van der Waals surface area contributed by atoms with E-state index in [2.05, 4.69) is 26.2 Å². The Labute approximate surface area is 113 Å². The molecule has 0 spiro atoms. The van der Waals surface area contributed by atoms with Gasteiger partial charge in [-0.05, 0) is 42.8 Å². The molecule has 5 heteroatoms. The fourth-order valence-electron chi connectivity index (χ4n) is 1.57. The molecule has 2 rings (SSSR count). The monoisotopic (exact) mass is 305 g/mol. The van der Waals surface area contributed by atoms with E-state index >= 15 is 0 Å². The van der Waals surface area contributed by atoms with Gasteiger partial charge in [-0.15, -0.1) is 0 Å². The summed E-state index contributed by atoms with van der Waals surface area (Å²) in [5.74, 6) is 0.143. The van der Waals surface area contributed by atoms with Crippen molar-refractivity contribution in [2.24, 2.45) is 0 Å². The maximum absolute atomic E-state index is 12.0. The molecule has 3 N–H and O–H groups in total. The Morgan fingerprint density at radius 2 is 2.17 bits per heavy atom. The first kappa shape index (κ1) is 12.6. The van der Waals surface area contributed by atoms with E-state index in [1.807, 2.05) is 13.0 Å². The number of benzene rings is 1. The summed E-state index contributed by atoms with van der Waals surface area (Å²) in [5.41, 5.74) is 7.73. The van der Waals surface area contributed by atoms with E-state index in [0.29, 0.717) is 17.1 Å². The topological polar surface area (TPSA) is 68.0 Å². The van der Waals surface area contributed by atoms with Crippen LogP contribution in [0.4, 0.5) is 11.5 Å². The van der Waals surface area contributed by atoms with Gasteiger partial charge in [0.05, 0.1) is 5.69 Å². The zero-order chi connectivity index (χ0) is 13.1. The Morgan fingerprint density at radius 3 is 2.83 bits per heavy atom. The first-order valence-electron chi connectivity index (χ1n) is 5.35. The second-order valence-electron chi connectivity index (χ2n) is 3.91. The third kappa shape index (κ3) is 2.87. The number of hydrogen-bond acceptors (Lipinski definition) is 3. The van der Waals surface area contributed by atoms with Crippen LogP contribution < -0.4 is 11.1 Å². The third-order valence-corrected chi connectivity index (χ3v) is 2.83. The molecule has 0 aliphatic carbocycles. The van der Waals surface area contributed by atoms with Gasteiger partial charge >= 0.3 is 0 Å². The number of rotatable bonds is 2. The van der Waals surface area contributed by atoms with E-state index in [0.717, 1.165) is 10.0 Å². The molecule has 0 bridgehead atoms. The fraction of sp³-hybridized carbons (Fsp3) is 0.0769. The number of hydrogen-bond donors (Lipinski definition) is 2. The molecule has 2 aromatic rings. The van der Waals surface area contributed by atoms with E-state index in [-0.39, 0.29) is 5.91 Å². The van der Waals surface area contributed by atoms with Crippen molar-refractivity contribution in [3.8, 4) is 0 Å². The van der Waals surface area contributed by atoms with E-state index in [1.54, 1.807) is 30.5 Å². The van der Waals surface area contributed by atoms with E-state index in [9.17, 15) is 4.79 Å². The highest BCUT2D eigenvalue weighted by molar-refractivity contribution is 9.10. The van der Waals surface area contributed by atoms with Crippen LogP contribution >= 0.6 is 15.9 Å². The van der Waals surface area contributed by atoms with Gasteiger partial charge in [0.1, 0.15) is 0 Å². The number of nitrogens with two attached hydrogens (primary N) is 1. The number of nitrogen functional groups attached to an aromatic ring is 1. The van der Waals surface area contributed by atoms with Crippen molar-refractivity contribution < 1.29 is 4.79 Å². The van der Waals surface area contributed by atoms with Crippen LogP contribution in [0.3, 0.4) is 0 Å². The van der Waals surface area contributed by atoms with Gasteiger partial charge in [-0.1, -0.05) is 15.9 Å². The molecular weight excluding hydrogens is 294 g/mol. The van der Waals surface area contributed by atoms with Crippen LogP contribution in [0.15, 0.2) is 41.0 Å². The number of halogens is 1. The SMILES string of the molecule is Cc1cc(Br)cc(C(=O)Nc2ncccc2N)c1. The van der Waals surface area contributed by atoms with Crippen molar-refractivity contribution in [3.63, 3.8) is 0 Å². The predicted molar refractivity (Wildman–Crippen MR) is 75.5 cm³/mol. The van der Waals surface area contributed by atoms with Gasteiger partial charge in [-0.25, -0.2) is 4.98 Å². The second kappa shape index (κ2) is 5.18. The highest BCUT2D eigenvalue weighted by atomic mass is 79.9. The van der Waals surface area contributed by atoms with Crippen molar-refractivity contribution in [2.75, 3.05) is 11.1 Å². The first-order valence-corrected chi connectivity index (χ1v) is 6.14. The molecule has 0 fully saturated rings. The summed E-state index contributed by atoms with van der Waals surface area (Å²) in [6.07, 6.45) is 1.58. The van der Waals surface area contributed by atoms with Crippen molar-refractivity contribution in [2.45, 2.75) is 6.92 Å². The smallest absolute Gasteiger partial charge is 0.256 e. The van der Waals surface area contributed by atoms with E-state index in [1.165, 1.54) is 0 Å². The molecule has 1 heterocycles. The lowest BCUT2D eigenvalue weighted by atomic mass is 10.1. The zero-order valence-electron chi connectivity index (χ0n) is 9.77. The number of nitrogens with one attached hydrogen (secondary N) is 1. The number of pyridine rings is 1. The van der Waals surface area contributed by atoms with Crippen LogP contribution in [0.25, 0.3) is 0 Å². The standard InChI is InChI=1S/C13H12BrN3O/c1-8-5-9(7-10(14)6-8)13(18)17-12-11(15)3-2-4-16-12/h2-7H,15H2,1H3,(H,16,17,18). The van der Waals surface area contributed by atoms with Crippen LogP contribution in [0.1, 0.15) is 15.9 Å². The van der Waals surface area contributed by atoms with Crippen LogP contribution in [0.2, 0.25) is 0 Å². The Hall–Kier alpha value is -1.88. The van der Waals surface area contributed by atoms with Crippen molar-refractivity contribution in [3.05, 3.63) is 52.1 Å².